The van der Waals surface area contributed by atoms with E-state index in [1.807, 2.05) is 11.3 Å². The van der Waals surface area contributed by atoms with Gasteiger partial charge in [0.2, 0.25) is 0 Å². The van der Waals surface area contributed by atoms with Gasteiger partial charge < -0.3 is 10.2 Å². The third kappa shape index (κ3) is 4.08. The maximum Gasteiger partial charge on any atom is 0.0366 e. The van der Waals surface area contributed by atoms with E-state index in [4.69, 9.17) is 0 Å². The minimum atomic E-state index is 0.977. The van der Waals surface area contributed by atoms with Crippen LogP contribution in [0.2, 0.25) is 0 Å². The normalized spacial score (nSPS) is 10.7. The van der Waals surface area contributed by atoms with E-state index < -0.39 is 0 Å². The molecule has 3 heteroatoms. The summed E-state index contributed by atoms with van der Waals surface area (Å²) in [5, 5.41) is 5.67. The summed E-state index contributed by atoms with van der Waals surface area (Å²) in [6, 6.07) is 10.8. The monoisotopic (exact) mass is 274 g/mol. The number of rotatable bonds is 6. The molecule has 0 bridgehead atoms. The summed E-state index contributed by atoms with van der Waals surface area (Å²) in [7, 11) is 2.15. The number of benzene rings is 1. The molecule has 2 rings (SSSR count). The highest BCUT2D eigenvalue weighted by Crippen LogP contribution is 2.15. The molecule has 0 aliphatic carbocycles. The maximum absolute atomic E-state index is 3.51. The summed E-state index contributed by atoms with van der Waals surface area (Å²) < 4.78 is 0. The Morgan fingerprint density at radius 2 is 2.05 bits per heavy atom. The van der Waals surface area contributed by atoms with Crippen LogP contribution in [0.3, 0.4) is 0 Å². The number of nitrogens with one attached hydrogen (secondary N) is 1. The lowest BCUT2D eigenvalue weighted by Gasteiger charge is -2.20. The van der Waals surface area contributed by atoms with Crippen LogP contribution in [0.25, 0.3) is 0 Å². The van der Waals surface area contributed by atoms with E-state index >= 15 is 0 Å². The molecule has 0 saturated carbocycles. The van der Waals surface area contributed by atoms with E-state index in [0.29, 0.717) is 0 Å². The summed E-state index contributed by atoms with van der Waals surface area (Å²) in [4.78, 5) is 3.74. The predicted molar refractivity (Wildman–Crippen MR) is 85.2 cm³/mol. The maximum atomic E-state index is 3.51. The quantitative estimate of drug-likeness (QED) is 0.810. The minimum Gasteiger partial charge on any atom is -0.373 e. The van der Waals surface area contributed by atoms with Crippen LogP contribution in [0.4, 0.5) is 5.69 Å². The molecule has 19 heavy (non-hydrogen) atoms. The van der Waals surface area contributed by atoms with Crippen molar-refractivity contribution < 1.29 is 0 Å². The number of thiophene rings is 1. The largest absolute Gasteiger partial charge is 0.373 e. The number of aryl methyl sites for hydroxylation is 2. The van der Waals surface area contributed by atoms with Crippen LogP contribution in [0.1, 0.15) is 16.0 Å². The molecule has 1 heterocycles. The van der Waals surface area contributed by atoms with Gasteiger partial charge in [0.1, 0.15) is 0 Å². The number of hydrogen-bond donors (Lipinski definition) is 1. The minimum absolute atomic E-state index is 0.977. The summed E-state index contributed by atoms with van der Waals surface area (Å²) >= 11 is 1.83. The Morgan fingerprint density at radius 3 is 2.74 bits per heavy atom. The van der Waals surface area contributed by atoms with Crippen molar-refractivity contribution in [3.63, 3.8) is 0 Å². The van der Waals surface area contributed by atoms with Gasteiger partial charge in [-0.1, -0.05) is 12.1 Å². The van der Waals surface area contributed by atoms with Gasteiger partial charge in [-0.05, 0) is 48.6 Å². The molecule has 1 aromatic heterocycles. The average Bonchev–Trinajstić information content (AvgIpc) is 2.80. The van der Waals surface area contributed by atoms with E-state index in [2.05, 4.69) is 66.8 Å². The molecule has 0 fully saturated rings. The highest BCUT2D eigenvalue weighted by Gasteiger charge is 2.02. The van der Waals surface area contributed by atoms with Crippen LogP contribution < -0.4 is 10.2 Å². The molecule has 102 valence electrons. The molecule has 0 spiro atoms. The van der Waals surface area contributed by atoms with Crippen molar-refractivity contribution in [2.75, 3.05) is 25.0 Å². The second-order valence-corrected chi connectivity index (χ2v) is 5.96. The molecule has 0 radical (unpaired) electrons. The fourth-order valence-electron chi connectivity index (χ4n) is 2.03. The van der Waals surface area contributed by atoms with E-state index in [0.717, 1.165) is 19.6 Å². The van der Waals surface area contributed by atoms with Gasteiger partial charge in [-0.2, -0.15) is 0 Å². The Labute approximate surface area is 120 Å². The van der Waals surface area contributed by atoms with Gasteiger partial charge in [-0.3, -0.25) is 0 Å². The molecule has 0 saturated heterocycles. The van der Waals surface area contributed by atoms with Crippen molar-refractivity contribution in [2.45, 2.75) is 20.4 Å². The Morgan fingerprint density at radius 1 is 1.21 bits per heavy atom. The van der Waals surface area contributed by atoms with Crippen LogP contribution in [0, 0.1) is 13.8 Å². The van der Waals surface area contributed by atoms with Crippen molar-refractivity contribution in [2.24, 2.45) is 0 Å². The zero-order valence-corrected chi connectivity index (χ0v) is 12.8. The molecular formula is C16H22N2S. The van der Waals surface area contributed by atoms with Crippen molar-refractivity contribution >= 4 is 17.0 Å². The zero-order valence-electron chi connectivity index (χ0n) is 11.9. The van der Waals surface area contributed by atoms with Gasteiger partial charge in [0.15, 0.2) is 0 Å². The van der Waals surface area contributed by atoms with Crippen LogP contribution >= 0.6 is 11.3 Å². The molecule has 0 unspecified atom stereocenters. The summed E-state index contributed by atoms with van der Waals surface area (Å²) in [6.07, 6.45) is 0. The van der Waals surface area contributed by atoms with Gasteiger partial charge >= 0.3 is 0 Å². The van der Waals surface area contributed by atoms with Gasteiger partial charge in [-0.25, -0.2) is 0 Å². The van der Waals surface area contributed by atoms with Crippen molar-refractivity contribution in [1.82, 2.24) is 5.32 Å². The van der Waals surface area contributed by atoms with Crippen molar-refractivity contribution in [3.05, 3.63) is 51.7 Å². The molecule has 0 aliphatic heterocycles. The van der Waals surface area contributed by atoms with Gasteiger partial charge in [-0.15, -0.1) is 11.3 Å². The fraction of sp³-hybridized carbons (Fsp3) is 0.375. The number of hydrogen-bond acceptors (Lipinski definition) is 3. The molecule has 2 nitrogen and oxygen atoms in total. The first-order valence-corrected chi connectivity index (χ1v) is 7.56. The number of nitrogens with zero attached hydrogens (tertiary/aromatic N) is 1. The molecule has 0 amide bonds. The highest BCUT2D eigenvalue weighted by atomic mass is 32.1. The number of likely N-dealkylation sites (N-methyl/N-ethyl adjacent to an activating group) is 1. The summed E-state index contributed by atoms with van der Waals surface area (Å²) in [5.41, 5.74) is 3.99. The highest BCUT2D eigenvalue weighted by molar-refractivity contribution is 7.10. The predicted octanol–water partition coefficient (Wildman–Crippen LogP) is 3.59. The molecule has 1 N–H and O–H groups in total. The Balaban J connectivity index is 1.75. The van der Waals surface area contributed by atoms with Crippen LogP contribution in [0.5, 0.6) is 0 Å². The average molecular weight is 274 g/mol. The van der Waals surface area contributed by atoms with Crippen molar-refractivity contribution in [1.29, 1.82) is 0 Å². The topological polar surface area (TPSA) is 15.3 Å². The lowest BCUT2D eigenvalue weighted by atomic mass is 10.2. The van der Waals surface area contributed by atoms with Gasteiger partial charge in [0, 0.05) is 37.2 Å². The zero-order chi connectivity index (χ0) is 13.7. The molecule has 0 atom stereocenters. The first kappa shape index (κ1) is 14.1. The third-order valence-corrected chi connectivity index (χ3v) is 4.34. The first-order valence-electron chi connectivity index (χ1n) is 6.68. The van der Waals surface area contributed by atoms with Crippen LogP contribution in [0.15, 0.2) is 35.7 Å². The van der Waals surface area contributed by atoms with Gasteiger partial charge in [0.05, 0.1) is 0 Å². The molecule has 2 aromatic rings. The van der Waals surface area contributed by atoms with Crippen LogP contribution in [-0.4, -0.2) is 20.1 Å². The number of anilines is 1. The lowest BCUT2D eigenvalue weighted by Crippen LogP contribution is -2.28. The first-order chi connectivity index (χ1) is 9.16. The second kappa shape index (κ2) is 6.73. The Hall–Kier alpha value is -1.32. The lowest BCUT2D eigenvalue weighted by molar-refractivity contribution is 0.684. The van der Waals surface area contributed by atoms with E-state index in [9.17, 15) is 0 Å². The van der Waals surface area contributed by atoms with E-state index in [1.54, 1.807) is 0 Å². The fourth-order valence-corrected chi connectivity index (χ4v) is 2.90. The molecule has 1 aromatic carbocycles. The van der Waals surface area contributed by atoms with Crippen molar-refractivity contribution in [3.8, 4) is 0 Å². The summed E-state index contributed by atoms with van der Waals surface area (Å²) in [5.74, 6) is 0. The molecular weight excluding hydrogens is 252 g/mol. The van der Waals surface area contributed by atoms with Crippen LogP contribution in [-0.2, 0) is 6.54 Å². The second-order valence-electron chi connectivity index (χ2n) is 4.96. The van der Waals surface area contributed by atoms with Gasteiger partial charge in [0.25, 0.3) is 0 Å². The van der Waals surface area contributed by atoms with E-state index in [-0.39, 0.29) is 0 Å². The Kier molecular flexibility index (Phi) is 5.00. The van der Waals surface area contributed by atoms with E-state index in [1.165, 1.54) is 21.7 Å². The third-order valence-electron chi connectivity index (χ3n) is 3.32. The standard InChI is InChI=1S/C16H22N2S/c1-13-5-4-6-15(11-13)18(3)9-8-17-12-16-14(2)7-10-19-16/h4-7,10-11,17H,8-9,12H2,1-3H3. The summed E-state index contributed by atoms with van der Waals surface area (Å²) in [6.45, 7) is 7.31. The molecule has 0 aliphatic rings. The smallest absolute Gasteiger partial charge is 0.0366 e. The SMILES string of the molecule is Cc1cccc(N(C)CCNCc2sccc2C)c1. The Bertz CT molecular complexity index is 519.